The minimum atomic E-state index is -1.20. The van der Waals surface area contributed by atoms with Crippen LogP contribution in [0.3, 0.4) is 0 Å². The molecule has 0 heterocycles. The Morgan fingerprint density at radius 2 is 1.73 bits per heavy atom. The first kappa shape index (κ1) is 24.0. The van der Waals surface area contributed by atoms with Gasteiger partial charge in [-0.2, -0.15) is 0 Å². The third-order valence-corrected chi connectivity index (χ3v) is 5.22. The second-order valence-corrected chi connectivity index (χ2v) is 8.35. The minimum Gasteiger partial charge on any atom is -0.481 e. The Bertz CT molecular complexity index is 825. The SMILES string of the molecule is CC(C)(CCCc1ccccc1)NC[C@@H](O)c1cc(CCCC(=O)O)cc(F)c1F. The average molecular weight is 420 g/mol. The molecule has 0 saturated heterocycles. The number of nitrogens with one attached hydrogen (secondary N) is 1. The summed E-state index contributed by atoms with van der Waals surface area (Å²) in [6.07, 6.45) is 2.16. The Morgan fingerprint density at radius 1 is 1.07 bits per heavy atom. The number of carboxylic acids is 1. The summed E-state index contributed by atoms with van der Waals surface area (Å²) in [4.78, 5) is 10.6. The van der Waals surface area contributed by atoms with E-state index in [4.69, 9.17) is 5.11 Å². The van der Waals surface area contributed by atoms with Gasteiger partial charge in [0.05, 0.1) is 6.10 Å². The number of carboxylic acid groups (broad SMARTS) is 1. The van der Waals surface area contributed by atoms with Gasteiger partial charge in [0.25, 0.3) is 0 Å². The van der Waals surface area contributed by atoms with E-state index < -0.39 is 23.7 Å². The van der Waals surface area contributed by atoms with Crippen LogP contribution in [0.15, 0.2) is 42.5 Å². The molecule has 0 unspecified atom stereocenters. The molecule has 0 bridgehead atoms. The standard InChI is InChI=1S/C24H31F2NO3/c1-24(2,13-7-11-17-8-4-3-5-9-17)27-16-21(28)19-14-18(10-6-12-22(29)30)15-20(25)23(19)26/h3-5,8-9,14-15,21,27-28H,6-7,10-13,16H2,1-2H3,(H,29,30)/t21-/m1/s1. The molecule has 30 heavy (non-hydrogen) atoms. The predicted molar refractivity (Wildman–Crippen MR) is 113 cm³/mol. The summed E-state index contributed by atoms with van der Waals surface area (Å²) in [5.74, 6) is -3.02. The van der Waals surface area contributed by atoms with Crippen molar-refractivity contribution in [1.29, 1.82) is 0 Å². The quantitative estimate of drug-likeness (QED) is 0.462. The molecule has 164 valence electrons. The van der Waals surface area contributed by atoms with Crippen molar-refractivity contribution in [2.75, 3.05) is 6.54 Å². The Morgan fingerprint density at radius 3 is 2.40 bits per heavy atom. The van der Waals surface area contributed by atoms with Crippen molar-refractivity contribution >= 4 is 5.97 Å². The van der Waals surface area contributed by atoms with Crippen LogP contribution in [-0.4, -0.2) is 28.3 Å². The summed E-state index contributed by atoms with van der Waals surface area (Å²) in [5.41, 5.74) is 1.37. The van der Waals surface area contributed by atoms with Crippen LogP contribution in [0.1, 0.15) is 62.3 Å². The van der Waals surface area contributed by atoms with Crippen LogP contribution in [-0.2, 0) is 17.6 Å². The van der Waals surface area contributed by atoms with E-state index >= 15 is 0 Å². The maximum atomic E-state index is 14.2. The minimum absolute atomic E-state index is 0.0460. The second-order valence-electron chi connectivity index (χ2n) is 8.35. The van der Waals surface area contributed by atoms with Gasteiger partial charge in [0.15, 0.2) is 11.6 Å². The first-order chi connectivity index (χ1) is 14.2. The molecule has 4 nitrogen and oxygen atoms in total. The third-order valence-electron chi connectivity index (χ3n) is 5.22. The number of hydrogen-bond donors (Lipinski definition) is 3. The fraction of sp³-hybridized carbons (Fsp3) is 0.458. The Kier molecular flexibility index (Phi) is 8.93. The van der Waals surface area contributed by atoms with Gasteiger partial charge in [0.2, 0.25) is 0 Å². The molecule has 0 radical (unpaired) electrons. The summed E-state index contributed by atoms with van der Waals surface area (Å²) >= 11 is 0. The lowest BCUT2D eigenvalue weighted by Crippen LogP contribution is -2.41. The molecule has 0 fully saturated rings. The molecule has 2 aromatic carbocycles. The number of halogens is 2. The fourth-order valence-electron chi connectivity index (χ4n) is 3.45. The van der Waals surface area contributed by atoms with Crippen LogP contribution in [0, 0.1) is 11.6 Å². The van der Waals surface area contributed by atoms with Crippen molar-refractivity contribution in [1.82, 2.24) is 5.32 Å². The molecule has 6 heteroatoms. The van der Waals surface area contributed by atoms with Gasteiger partial charge in [-0.05, 0) is 63.1 Å². The molecule has 0 amide bonds. The van der Waals surface area contributed by atoms with Gasteiger partial charge in [0, 0.05) is 24.1 Å². The predicted octanol–water partition coefficient (Wildman–Crippen LogP) is 4.80. The molecule has 0 spiro atoms. The monoisotopic (exact) mass is 419 g/mol. The first-order valence-corrected chi connectivity index (χ1v) is 10.3. The number of aliphatic carboxylic acids is 1. The zero-order chi connectivity index (χ0) is 22.1. The average Bonchev–Trinajstić information content (AvgIpc) is 2.69. The van der Waals surface area contributed by atoms with Crippen LogP contribution in [0.5, 0.6) is 0 Å². The molecule has 2 aromatic rings. The van der Waals surface area contributed by atoms with E-state index in [-0.39, 0.29) is 24.1 Å². The maximum absolute atomic E-state index is 14.2. The van der Waals surface area contributed by atoms with Gasteiger partial charge in [-0.15, -0.1) is 0 Å². The van der Waals surface area contributed by atoms with E-state index in [1.54, 1.807) is 0 Å². The molecule has 0 aromatic heterocycles. The van der Waals surface area contributed by atoms with Gasteiger partial charge < -0.3 is 15.5 Å². The highest BCUT2D eigenvalue weighted by Crippen LogP contribution is 2.24. The number of benzene rings is 2. The molecule has 0 aliphatic rings. The smallest absolute Gasteiger partial charge is 0.303 e. The van der Waals surface area contributed by atoms with Crippen molar-refractivity contribution < 1.29 is 23.8 Å². The van der Waals surface area contributed by atoms with Gasteiger partial charge >= 0.3 is 5.97 Å². The van der Waals surface area contributed by atoms with Crippen molar-refractivity contribution in [2.45, 2.75) is 64.0 Å². The number of aryl methyl sites for hydroxylation is 2. The van der Waals surface area contributed by atoms with Crippen LogP contribution < -0.4 is 5.32 Å². The van der Waals surface area contributed by atoms with Crippen LogP contribution in [0.25, 0.3) is 0 Å². The van der Waals surface area contributed by atoms with Crippen LogP contribution in [0.4, 0.5) is 8.78 Å². The van der Waals surface area contributed by atoms with Gasteiger partial charge in [0.1, 0.15) is 0 Å². The number of β-amino-alcohol motifs (C(OH)–C–C–N with tert-alkyl or cyclic N) is 1. The number of aliphatic hydroxyl groups is 1. The Labute approximate surface area is 176 Å². The van der Waals surface area contributed by atoms with E-state index in [1.807, 2.05) is 32.0 Å². The van der Waals surface area contributed by atoms with E-state index in [0.29, 0.717) is 18.4 Å². The Hall–Kier alpha value is -2.31. The van der Waals surface area contributed by atoms with Crippen LogP contribution >= 0.6 is 0 Å². The fourth-order valence-corrected chi connectivity index (χ4v) is 3.45. The molecule has 2 rings (SSSR count). The van der Waals surface area contributed by atoms with Gasteiger partial charge in [-0.1, -0.05) is 36.4 Å². The largest absolute Gasteiger partial charge is 0.481 e. The summed E-state index contributed by atoms with van der Waals surface area (Å²) in [6, 6.07) is 12.7. The second kappa shape index (κ2) is 11.2. The first-order valence-electron chi connectivity index (χ1n) is 10.3. The van der Waals surface area contributed by atoms with Crippen molar-refractivity contribution in [3.05, 3.63) is 70.8 Å². The molecule has 0 aliphatic carbocycles. The molecule has 1 atom stereocenters. The zero-order valence-corrected chi connectivity index (χ0v) is 17.6. The van der Waals surface area contributed by atoms with E-state index in [0.717, 1.165) is 25.3 Å². The summed E-state index contributed by atoms with van der Waals surface area (Å²) < 4.78 is 28.2. The number of carbonyl (C=O) groups is 1. The van der Waals surface area contributed by atoms with Crippen LogP contribution in [0.2, 0.25) is 0 Å². The molecule has 0 aliphatic heterocycles. The molecule has 3 N–H and O–H groups in total. The topological polar surface area (TPSA) is 69.6 Å². The highest BCUT2D eigenvalue weighted by molar-refractivity contribution is 5.66. The summed E-state index contributed by atoms with van der Waals surface area (Å²) in [6.45, 7) is 4.13. The molecule has 0 saturated carbocycles. The molecular weight excluding hydrogens is 388 g/mol. The van der Waals surface area contributed by atoms with Gasteiger partial charge in [-0.3, -0.25) is 4.79 Å². The number of rotatable bonds is 12. The highest BCUT2D eigenvalue weighted by Gasteiger charge is 2.22. The normalized spacial score (nSPS) is 12.7. The van der Waals surface area contributed by atoms with Crippen molar-refractivity contribution in [2.24, 2.45) is 0 Å². The zero-order valence-electron chi connectivity index (χ0n) is 17.6. The number of hydrogen-bond acceptors (Lipinski definition) is 3. The van der Waals surface area contributed by atoms with Crippen molar-refractivity contribution in [3.8, 4) is 0 Å². The maximum Gasteiger partial charge on any atom is 0.303 e. The lowest BCUT2D eigenvalue weighted by Gasteiger charge is -2.28. The van der Waals surface area contributed by atoms with E-state index in [2.05, 4.69) is 17.4 Å². The molecular formula is C24H31F2NO3. The van der Waals surface area contributed by atoms with E-state index in [9.17, 15) is 18.7 Å². The summed E-state index contributed by atoms with van der Waals surface area (Å²) in [5, 5.41) is 22.4. The van der Waals surface area contributed by atoms with Crippen molar-refractivity contribution in [3.63, 3.8) is 0 Å². The number of aliphatic hydroxyl groups excluding tert-OH is 1. The highest BCUT2D eigenvalue weighted by atomic mass is 19.2. The lowest BCUT2D eigenvalue weighted by atomic mass is 9.94. The lowest BCUT2D eigenvalue weighted by molar-refractivity contribution is -0.137. The summed E-state index contributed by atoms with van der Waals surface area (Å²) in [7, 11) is 0. The Balaban J connectivity index is 1.91. The van der Waals surface area contributed by atoms with Gasteiger partial charge in [-0.25, -0.2) is 8.78 Å². The third kappa shape index (κ3) is 7.84. The van der Waals surface area contributed by atoms with E-state index in [1.165, 1.54) is 11.6 Å².